The molecule has 0 heterocycles. The number of hydrogen-bond acceptors (Lipinski definition) is 3. The molecule has 2 aromatic rings. The highest BCUT2D eigenvalue weighted by Crippen LogP contribution is 2.42. The van der Waals surface area contributed by atoms with Gasteiger partial charge in [-0.15, -0.1) is 0 Å². The summed E-state index contributed by atoms with van der Waals surface area (Å²) in [5, 5.41) is 8.87. The second-order valence-corrected chi connectivity index (χ2v) is 4.96. The summed E-state index contributed by atoms with van der Waals surface area (Å²) in [5.74, 6) is -0.844. The van der Waals surface area contributed by atoms with E-state index in [1.165, 1.54) is 26.4 Å². The summed E-state index contributed by atoms with van der Waals surface area (Å²) < 4.78 is 25.2. The van der Waals surface area contributed by atoms with Crippen molar-refractivity contribution in [2.45, 2.75) is 0 Å². The molecule has 0 atom stereocenters. The largest absolute Gasteiger partial charge is 0.495 e. The molecule has 0 fully saturated rings. The fraction of sp³-hybridized carbons (Fsp3) is 0.133. The minimum Gasteiger partial charge on any atom is -0.495 e. The number of benzene rings is 2. The molecule has 6 heteroatoms. The summed E-state index contributed by atoms with van der Waals surface area (Å²) >= 11 is 3.35. The highest BCUT2D eigenvalue weighted by atomic mass is 79.9. The predicted octanol–water partition coefficient (Wildman–Crippen LogP) is 3.97. The van der Waals surface area contributed by atoms with Crippen LogP contribution in [0.15, 0.2) is 34.8 Å². The van der Waals surface area contributed by atoms with Crippen LogP contribution in [0.5, 0.6) is 11.5 Å². The van der Waals surface area contributed by atoms with Crippen molar-refractivity contribution in [1.29, 1.82) is 0 Å². The molecule has 21 heavy (non-hydrogen) atoms. The van der Waals surface area contributed by atoms with Gasteiger partial charge in [-0.3, -0.25) is 0 Å². The zero-order valence-corrected chi connectivity index (χ0v) is 12.9. The maximum atomic E-state index is 14.2. The molecular weight excluding hydrogens is 343 g/mol. The second-order valence-electron chi connectivity index (χ2n) is 4.16. The Morgan fingerprint density at radius 3 is 2.33 bits per heavy atom. The molecule has 0 amide bonds. The first-order valence-electron chi connectivity index (χ1n) is 5.93. The zero-order valence-electron chi connectivity index (χ0n) is 11.3. The van der Waals surface area contributed by atoms with E-state index in [4.69, 9.17) is 14.6 Å². The Kier molecular flexibility index (Phi) is 4.47. The number of ether oxygens (including phenoxy) is 2. The van der Waals surface area contributed by atoms with Gasteiger partial charge in [0.05, 0.1) is 19.8 Å². The van der Waals surface area contributed by atoms with Crippen molar-refractivity contribution in [2.75, 3.05) is 14.2 Å². The summed E-state index contributed by atoms with van der Waals surface area (Å²) in [6.45, 7) is 0. The molecule has 0 spiro atoms. The fourth-order valence-corrected chi connectivity index (χ4v) is 2.64. The van der Waals surface area contributed by atoms with Gasteiger partial charge in [0.2, 0.25) is 0 Å². The van der Waals surface area contributed by atoms with Crippen LogP contribution in [0.2, 0.25) is 0 Å². The number of aromatic carboxylic acids is 1. The number of halogens is 2. The Morgan fingerprint density at radius 2 is 1.81 bits per heavy atom. The van der Waals surface area contributed by atoms with E-state index in [9.17, 15) is 9.18 Å². The van der Waals surface area contributed by atoms with Gasteiger partial charge in [0.25, 0.3) is 0 Å². The van der Waals surface area contributed by atoms with Gasteiger partial charge in [-0.2, -0.15) is 0 Å². The quantitative estimate of drug-likeness (QED) is 0.902. The lowest BCUT2D eigenvalue weighted by Crippen LogP contribution is -1.99. The van der Waals surface area contributed by atoms with Crippen molar-refractivity contribution in [1.82, 2.24) is 0 Å². The second kappa shape index (κ2) is 6.13. The van der Waals surface area contributed by atoms with E-state index in [1.807, 2.05) is 0 Å². The Bertz CT molecular complexity index is 700. The van der Waals surface area contributed by atoms with E-state index < -0.39 is 11.8 Å². The number of methoxy groups -OCH3 is 2. The van der Waals surface area contributed by atoms with Crippen molar-refractivity contribution in [3.8, 4) is 22.6 Å². The topological polar surface area (TPSA) is 55.8 Å². The molecule has 0 aromatic heterocycles. The standard InChI is InChI=1S/C15H12BrFO4/c1-20-12-6-5-10(14(21-2)13(12)16)9-4-3-8(15(18)19)7-11(9)17/h3-7H,1-2H3,(H,18,19). The van der Waals surface area contributed by atoms with Crippen molar-refractivity contribution in [3.05, 3.63) is 46.2 Å². The van der Waals surface area contributed by atoms with Crippen LogP contribution < -0.4 is 9.47 Å². The van der Waals surface area contributed by atoms with E-state index in [0.29, 0.717) is 21.5 Å². The van der Waals surface area contributed by atoms with E-state index in [1.54, 1.807) is 12.1 Å². The molecule has 2 rings (SSSR count). The lowest BCUT2D eigenvalue weighted by molar-refractivity contribution is 0.0696. The third kappa shape index (κ3) is 2.85. The summed E-state index contributed by atoms with van der Waals surface area (Å²) in [7, 11) is 2.98. The predicted molar refractivity (Wildman–Crippen MR) is 79.6 cm³/mol. The van der Waals surface area contributed by atoms with E-state index in [0.717, 1.165) is 6.07 Å². The summed E-state index contributed by atoms with van der Waals surface area (Å²) in [4.78, 5) is 10.8. The van der Waals surface area contributed by atoms with Gasteiger partial charge in [0, 0.05) is 11.1 Å². The molecule has 110 valence electrons. The van der Waals surface area contributed by atoms with E-state index in [-0.39, 0.29) is 11.1 Å². The van der Waals surface area contributed by atoms with Gasteiger partial charge in [-0.25, -0.2) is 9.18 Å². The van der Waals surface area contributed by atoms with Crippen LogP contribution in [0, 0.1) is 5.82 Å². The Labute approximate surface area is 129 Å². The molecule has 0 saturated heterocycles. The lowest BCUT2D eigenvalue weighted by atomic mass is 10.0. The van der Waals surface area contributed by atoms with Crippen molar-refractivity contribution < 1.29 is 23.8 Å². The number of carboxylic acid groups (broad SMARTS) is 1. The number of hydrogen-bond donors (Lipinski definition) is 1. The minimum absolute atomic E-state index is 0.109. The normalized spacial score (nSPS) is 10.3. The van der Waals surface area contributed by atoms with Crippen molar-refractivity contribution >= 4 is 21.9 Å². The van der Waals surface area contributed by atoms with Crippen LogP contribution in [0.1, 0.15) is 10.4 Å². The molecule has 2 aromatic carbocycles. The Morgan fingerprint density at radius 1 is 1.14 bits per heavy atom. The van der Waals surface area contributed by atoms with Crippen LogP contribution in [0.4, 0.5) is 4.39 Å². The third-order valence-corrected chi connectivity index (χ3v) is 3.74. The van der Waals surface area contributed by atoms with E-state index in [2.05, 4.69) is 15.9 Å². The van der Waals surface area contributed by atoms with Crippen molar-refractivity contribution in [3.63, 3.8) is 0 Å². The average Bonchev–Trinajstić information content (AvgIpc) is 2.46. The lowest BCUT2D eigenvalue weighted by Gasteiger charge is -2.14. The molecule has 1 N–H and O–H groups in total. The van der Waals surface area contributed by atoms with Gasteiger partial charge < -0.3 is 14.6 Å². The molecule has 0 saturated carbocycles. The molecule has 0 aliphatic rings. The SMILES string of the molecule is COc1ccc(-c2ccc(C(=O)O)cc2F)c(OC)c1Br. The Hall–Kier alpha value is -2.08. The first-order chi connectivity index (χ1) is 9.99. The van der Waals surface area contributed by atoms with Crippen LogP contribution in [0.25, 0.3) is 11.1 Å². The minimum atomic E-state index is -1.18. The average molecular weight is 355 g/mol. The van der Waals surface area contributed by atoms with Crippen LogP contribution in [-0.4, -0.2) is 25.3 Å². The van der Waals surface area contributed by atoms with E-state index >= 15 is 0 Å². The number of rotatable bonds is 4. The molecule has 0 aliphatic carbocycles. The van der Waals surface area contributed by atoms with Crippen molar-refractivity contribution in [2.24, 2.45) is 0 Å². The van der Waals surface area contributed by atoms with Crippen LogP contribution in [0.3, 0.4) is 0 Å². The third-order valence-electron chi connectivity index (χ3n) is 2.99. The summed E-state index contributed by atoms with van der Waals surface area (Å²) in [6.07, 6.45) is 0. The molecule has 0 unspecified atom stereocenters. The summed E-state index contributed by atoms with van der Waals surface area (Å²) in [6, 6.07) is 7.07. The first-order valence-corrected chi connectivity index (χ1v) is 6.72. The smallest absolute Gasteiger partial charge is 0.335 e. The Balaban J connectivity index is 2.62. The highest BCUT2D eigenvalue weighted by Gasteiger charge is 2.17. The number of carbonyl (C=O) groups is 1. The zero-order chi connectivity index (χ0) is 15.6. The highest BCUT2D eigenvalue weighted by molar-refractivity contribution is 9.10. The molecule has 0 aliphatic heterocycles. The first kappa shape index (κ1) is 15.3. The molecule has 0 bridgehead atoms. The monoisotopic (exact) mass is 354 g/mol. The van der Waals surface area contributed by atoms with Gasteiger partial charge >= 0.3 is 5.97 Å². The maximum Gasteiger partial charge on any atom is 0.335 e. The molecular formula is C15H12BrFO4. The van der Waals surface area contributed by atoms with Gasteiger partial charge in [0.15, 0.2) is 0 Å². The summed E-state index contributed by atoms with van der Waals surface area (Å²) in [5.41, 5.74) is 0.641. The van der Waals surface area contributed by atoms with Crippen LogP contribution >= 0.6 is 15.9 Å². The number of carboxylic acids is 1. The van der Waals surface area contributed by atoms with Crippen LogP contribution in [-0.2, 0) is 0 Å². The van der Waals surface area contributed by atoms with Gasteiger partial charge in [-0.1, -0.05) is 6.07 Å². The maximum absolute atomic E-state index is 14.2. The fourth-order valence-electron chi connectivity index (χ4n) is 1.97. The van der Waals surface area contributed by atoms with Gasteiger partial charge in [-0.05, 0) is 40.2 Å². The molecule has 0 radical (unpaired) electrons. The molecule has 4 nitrogen and oxygen atoms in total. The van der Waals surface area contributed by atoms with Gasteiger partial charge in [0.1, 0.15) is 21.8 Å².